The molecule has 0 fully saturated rings. The van der Waals surface area contributed by atoms with Crippen LogP contribution in [-0.4, -0.2) is 20.4 Å². The molecule has 1 aliphatic rings. The molecule has 1 heterocycles. The lowest BCUT2D eigenvalue weighted by atomic mass is 10.1. The van der Waals surface area contributed by atoms with Crippen LogP contribution in [0.4, 0.5) is 11.4 Å². The van der Waals surface area contributed by atoms with Crippen molar-refractivity contribution in [2.45, 2.75) is 37.7 Å². The topological polar surface area (TPSA) is 84.5 Å². The monoisotopic (exact) mass is 360 g/mol. The van der Waals surface area contributed by atoms with Crippen molar-refractivity contribution in [1.29, 1.82) is 0 Å². The van der Waals surface area contributed by atoms with Gasteiger partial charge >= 0.3 is 0 Å². The highest BCUT2D eigenvalue weighted by atomic mass is 32.2. The normalized spacial score (nSPS) is 16.6. The van der Waals surface area contributed by atoms with E-state index < -0.39 is 16.1 Å². The molecule has 2 aromatic carbocycles. The minimum atomic E-state index is -3.70. The van der Waals surface area contributed by atoms with Crippen LogP contribution < -0.4 is 14.8 Å². The van der Waals surface area contributed by atoms with Crippen LogP contribution >= 0.6 is 0 Å². The largest absolute Gasteiger partial charge is 0.479 e. The van der Waals surface area contributed by atoms with Crippen molar-refractivity contribution >= 4 is 27.3 Å². The number of amides is 1. The average molecular weight is 360 g/mol. The molecule has 1 amide bonds. The van der Waals surface area contributed by atoms with E-state index in [1.165, 1.54) is 0 Å². The highest BCUT2D eigenvalue weighted by molar-refractivity contribution is 7.92. The lowest BCUT2D eigenvalue weighted by Crippen LogP contribution is -2.34. The molecule has 0 radical (unpaired) electrons. The van der Waals surface area contributed by atoms with Gasteiger partial charge in [0.05, 0.1) is 16.3 Å². The summed E-state index contributed by atoms with van der Waals surface area (Å²) in [6.07, 6.45) is 1.35. The van der Waals surface area contributed by atoms with Gasteiger partial charge in [0.15, 0.2) is 6.10 Å². The molecule has 1 unspecified atom stereocenters. The summed E-state index contributed by atoms with van der Waals surface area (Å²) >= 11 is 0. The number of hydrogen-bond acceptors (Lipinski definition) is 4. The molecular formula is C18H20N2O4S. The fourth-order valence-electron chi connectivity index (χ4n) is 2.61. The highest BCUT2D eigenvalue weighted by Crippen LogP contribution is 2.32. The summed E-state index contributed by atoms with van der Waals surface area (Å²) in [6.45, 7) is 3.72. The van der Waals surface area contributed by atoms with Crippen molar-refractivity contribution < 1.29 is 17.9 Å². The van der Waals surface area contributed by atoms with Gasteiger partial charge in [0.25, 0.3) is 15.9 Å². The Morgan fingerprint density at radius 3 is 2.56 bits per heavy atom. The Hall–Kier alpha value is -2.54. The van der Waals surface area contributed by atoms with Gasteiger partial charge in [-0.25, -0.2) is 8.42 Å². The maximum atomic E-state index is 12.5. The molecule has 2 N–H and O–H groups in total. The second-order valence-corrected chi connectivity index (χ2v) is 7.64. The lowest BCUT2D eigenvalue weighted by molar-refractivity contribution is -0.122. The maximum absolute atomic E-state index is 12.5. The van der Waals surface area contributed by atoms with Crippen LogP contribution in [0.25, 0.3) is 0 Å². The standard InChI is InChI=1S/C18H20N2O4S/c1-3-4-13-5-8-15(9-6-13)25(22,23)20-14-7-10-17-16(11-14)19-18(21)12(2)24-17/h5-12,20H,3-4H2,1-2H3,(H,19,21). The van der Waals surface area contributed by atoms with E-state index in [1.807, 2.05) is 12.1 Å². The average Bonchev–Trinajstić information content (AvgIpc) is 2.57. The van der Waals surface area contributed by atoms with Crippen LogP contribution in [0.15, 0.2) is 47.4 Å². The zero-order valence-electron chi connectivity index (χ0n) is 14.1. The molecule has 7 heteroatoms. The molecule has 1 aliphatic heterocycles. The quantitative estimate of drug-likeness (QED) is 0.858. The van der Waals surface area contributed by atoms with Crippen LogP contribution in [0.3, 0.4) is 0 Å². The van der Waals surface area contributed by atoms with E-state index in [9.17, 15) is 13.2 Å². The summed E-state index contributed by atoms with van der Waals surface area (Å²) in [7, 11) is -3.70. The smallest absolute Gasteiger partial charge is 0.265 e. The van der Waals surface area contributed by atoms with Gasteiger partial charge < -0.3 is 10.1 Å². The maximum Gasteiger partial charge on any atom is 0.265 e. The Kier molecular flexibility index (Phi) is 4.67. The summed E-state index contributed by atoms with van der Waals surface area (Å²) in [5.74, 6) is 0.248. The fourth-order valence-corrected chi connectivity index (χ4v) is 3.66. The first-order chi connectivity index (χ1) is 11.9. The van der Waals surface area contributed by atoms with Gasteiger partial charge in [-0.15, -0.1) is 0 Å². The van der Waals surface area contributed by atoms with Crippen LogP contribution in [0.5, 0.6) is 5.75 Å². The van der Waals surface area contributed by atoms with Gasteiger partial charge in [-0.1, -0.05) is 25.5 Å². The third kappa shape index (κ3) is 3.76. The third-order valence-corrected chi connectivity index (χ3v) is 5.33. The molecule has 0 saturated carbocycles. The van der Waals surface area contributed by atoms with E-state index in [0.29, 0.717) is 17.1 Å². The summed E-state index contributed by atoms with van der Waals surface area (Å²) in [4.78, 5) is 11.9. The number of rotatable bonds is 5. The van der Waals surface area contributed by atoms with Crippen LogP contribution in [0.2, 0.25) is 0 Å². The number of nitrogens with one attached hydrogen (secondary N) is 2. The number of ether oxygens (including phenoxy) is 1. The Balaban J connectivity index is 1.81. The minimum absolute atomic E-state index is 0.194. The van der Waals surface area contributed by atoms with Gasteiger partial charge in [0.1, 0.15) is 5.75 Å². The number of anilines is 2. The zero-order valence-corrected chi connectivity index (χ0v) is 14.9. The molecule has 132 valence electrons. The van der Waals surface area contributed by atoms with Crippen molar-refractivity contribution in [2.75, 3.05) is 10.0 Å². The molecule has 0 aliphatic carbocycles. The number of carbonyl (C=O) groups excluding carboxylic acids is 1. The molecule has 2 aromatic rings. The van der Waals surface area contributed by atoms with Crippen molar-refractivity contribution in [2.24, 2.45) is 0 Å². The number of sulfonamides is 1. The van der Waals surface area contributed by atoms with Gasteiger partial charge in [0.2, 0.25) is 0 Å². The molecule has 25 heavy (non-hydrogen) atoms. The summed E-state index contributed by atoms with van der Waals surface area (Å²) in [6, 6.07) is 11.6. The Morgan fingerprint density at radius 1 is 1.16 bits per heavy atom. The first-order valence-corrected chi connectivity index (χ1v) is 9.60. The van der Waals surface area contributed by atoms with E-state index >= 15 is 0 Å². The highest BCUT2D eigenvalue weighted by Gasteiger charge is 2.24. The van der Waals surface area contributed by atoms with E-state index in [1.54, 1.807) is 37.3 Å². The first kappa shape index (κ1) is 17.3. The predicted molar refractivity (Wildman–Crippen MR) is 96.4 cm³/mol. The second kappa shape index (κ2) is 6.76. The summed E-state index contributed by atoms with van der Waals surface area (Å²) < 4.78 is 33.0. The Morgan fingerprint density at radius 2 is 1.88 bits per heavy atom. The Labute approximate surface area is 147 Å². The molecule has 0 bridgehead atoms. The van der Waals surface area contributed by atoms with Crippen molar-refractivity contribution in [1.82, 2.24) is 0 Å². The van der Waals surface area contributed by atoms with Crippen LogP contribution in [0.1, 0.15) is 25.8 Å². The van der Waals surface area contributed by atoms with Crippen molar-refractivity contribution in [3.05, 3.63) is 48.0 Å². The van der Waals surface area contributed by atoms with E-state index in [-0.39, 0.29) is 10.8 Å². The summed E-state index contributed by atoms with van der Waals surface area (Å²) in [5, 5.41) is 2.70. The molecule has 1 atom stereocenters. The van der Waals surface area contributed by atoms with Gasteiger partial charge in [0, 0.05) is 0 Å². The van der Waals surface area contributed by atoms with E-state index in [2.05, 4.69) is 17.0 Å². The predicted octanol–water partition coefficient (Wildman–Crippen LogP) is 3.16. The molecule has 0 saturated heterocycles. The van der Waals surface area contributed by atoms with Crippen LogP contribution in [0, 0.1) is 0 Å². The zero-order chi connectivity index (χ0) is 18.0. The molecule has 3 rings (SSSR count). The van der Waals surface area contributed by atoms with Gasteiger partial charge in [-0.2, -0.15) is 0 Å². The lowest BCUT2D eigenvalue weighted by Gasteiger charge is -2.23. The molecule has 0 aromatic heterocycles. The molecular weight excluding hydrogens is 340 g/mol. The SMILES string of the molecule is CCCc1ccc(S(=O)(=O)Nc2ccc3c(c2)NC(=O)C(C)O3)cc1. The van der Waals surface area contributed by atoms with Crippen molar-refractivity contribution in [3.63, 3.8) is 0 Å². The Bertz CT molecular complexity index is 892. The number of aryl methyl sites for hydroxylation is 1. The molecule has 6 nitrogen and oxygen atoms in total. The van der Waals surface area contributed by atoms with E-state index in [0.717, 1.165) is 18.4 Å². The summed E-state index contributed by atoms with van der Waals surface area (Å²) in [5.41, 5.74) is 1.90. The first-order valence-electron chi connectivity index (χ1n) is 8.12. The van der Waals surface area contributed by atoms with Crippen LogP contribution in [-0.2, 0) is 21.2 Å². The second-order valence-electron chi connectivity index (χ2n) is 5.96. The van der Waals surface area contributed by atoms with E-state index in [4.69, 9.17) is 4.74 Å². The minimum Gasteiger partial charge on any atom is -0.479 e. The third-order valence-electron chi connectivity index (χ3n) is 3.93. The van der Waals surface area contributed by atoms with Gasteiger partial charge in [-0.05, 0) is 49.2 Å². The number of carbonyl (C=O) groups is 1. The number of fused-ring (bicyclic) bond motifs is 1. The fraction of sp³-hybridized carbons (Fsp3) is 0.278. The number of hydrogen-bond donors (Lipinski definition) is 2. The molecule has 0 spiro atoms. The van der Waals surface area contributed by atoms with Crippen molar-refractivity contribution in [3.8, 4) is 5.75 Å². The van der Waals surface area contributed by atoms with Gasteiger partial charge in [-0.3, -0.25) is 9.52 Å². The number of benzene rings is 2.